The molecule has 7 heteroatoms. The van der Waals surface area contributed by atoms with Gasteiger partial charge in [-0.3, -0.25) is 9.69 Å². The summed E-state index contributed by atoms with van der Waals surface area (Å²) in [6.07, 6.45) is 3.56. The summed E-state index contributed by atoms with van der Waals surface area (Å²) in [5.74, 6) is 0.689. The van der Waals surface area contributed by atoms with Gasteiger partial charge in [0.15, 0.2) is 0 Å². The number of alkyl halides is 2. The number of nitrogens with zero attached hydrogens (tertiary/aromatic N) is 3. The number of carbonyl (C=O) groups is 1. The van der Waals surface area contributed by atoms with E-state index < -0.39 is 6.43 Å². The fourth-order valence-electron chi connectivity index (χ4n) is 5.73. The number of halogens is 2. The van der Waals surface area contributed by atoms with Crippen LogP contribution in [0, 0.1) is 5.92 Å². The highest BCUT2D eigenvalue weighted by molar-refractivity contribution is 5.87. The molecule has 0 spiro atoms. The van der Waals surface area contributed by atoms with Gasteiger partial charge in [0, 0.05) is 63.7 Å². The summed E-state index contributed by atoms with van der Waals surface area (Å²) in [5, 5.41) is 1.33. The molecule has 1 aromatic carbocycles. The Hall–Kier alpha value is -1.99. The highest BCUT2D eigenvalue weighted by Gasteiger charge is 2.34. The van der Waals surface area contributed by atoms with Crippen molar-refractivity contribution >= 4 is 16.8 Å². The fourth-order valence-corrected chi connectivity index (χ4v) is 5.73. The minimum atomic E-state index is -2.28. The molecule has 0 radical (unpaired) electrons. The number of fused-ring (bicyclic) bond motifs is 3. The molecule has 4 rings (SSSR count). The zero-order valence-electron chi connectivity index (χ0n) is 23.7. The summed E-state index contributed by atoms with van der Waals surface area (Å²) in [6.45, 7) is 14.8. The number of unbranched alkanes of at least 4 members (excludes halogenated alkanes) is 1. The summed E-state index contributed by atoms with van der Waals surface area (Å²) >= 11 is 0. The van der Waals surface area contributed by atoms with Crippen molar-refractivity contribution in [3.05, 3.63) is 35.0 Å². The predicted octanol–water partition coefficient (Wildman–Crippen LogP) is 6.53. The molecule has 2 aromatic rings. The number of carbonyl (C=O) groups excluding carboxylic acids is 1. The maximum atomic E-state index is 13.4. The van der Waals surface area contributed by atoms with Gasteiger partial charge in [-0.25, -0.2) is 8.78 Å². The second-order valence-electron chi connectivity index (χ2n) is 10.8. The van der Waals surface area contributed by atoms with Crippen LogP contribution in [0.15, 0.2) is 18.2 Å². The molecule has 2 aliphatic rings. The SMILES string of the molecule is CC.CCCCc1ccc2[nH]c3c(c2c1)CCN(C(=O)CCN1CCN(CC(F)F)CC1)[C@H]3CC(C)C.[HH]. The number of piperazine rings is 1. The molecule has 5 nitrogen and oxygen atoms in total. The normalized spacial score (nSPS) is 18.8. The zero-order valence-corrected chi connectivity index (χ0v) is 23.7. The van der Waals surface area contributed by atoms with Gasteiger partial charge in [0.25, 0.3) is 6.43 Å². The van der Waals surface area contributed by atoms with Crippen LogP contribution in [-0.2, 0) is 17.6 Å². The topological polar surface area (TPSA) is 42.6 Å². The molecule has 1 saturated heterocycles. The highest BCUT2D eigenvalue weighted by Crippen LogP contribution is 2.38. The predicted molar refractivity (Wildman–Crippen MR) is 151 cm³/mol. The van der Waals surface area contributed by atoms with E-state index in [4.69, 9.17) is 0 Å². The van der Waals surface area contributed by atoms with Gasteiger partial charge >= 0.3 is 0 Å². The molecule has 1 aromatic heterocycles. The largest absolute Gasteiger partial charge is 0.356 e. The molecule has 3 heterocycles. The second-order valence-corrected chi connectivity index (χ2v) is 10.8. The van der Waals surface area contributed by atoms with Crippen molar-refractivity contribution in [3.8, 4) is 0 Å². The lowest BCUT2D eigenvalue weighted by molar-refractivity contribution is -0.135. The third-order valence-electron chi connectivity index (χ3n) is 7.65. The second kappa shape index (κ2) is 14.2. The van der Waals surface area contributed by atoms with Crippen molar-refractivity contribution in [2.75, 3.05) is 45.8 Å². The molecular formula is C30H50F2N4O. The Morgan fingerprint density at radius 3 is 2.46 bits per heavy atom. The first-order valence-corrected chi connectivity index (χ1v) is 14.5. The molecule has 1 atom stereocenters. The first-order chi connectivity index (χ1) is 17.9. The van der Waals surface area contributed by atoms with Crippen LogP contribution in [0.2, 0.25) is 0 Å². The van der Waals surface area contributed by atoms with Crippen LogP contribution in [0.25, 0.3) is 10.9 Å². The maximum Gasteiger partial charge on any atom is 0.251 e. The lowest BCUT2D eigenvalue weighted by Crippen LogP contribution is -2.49. The summed E-state index contributed by atoms with van der Waals surface area (Å²) in [5.41, 5.74) is 5.19. The summed E-state index contributed by atoms with van der Waals surface area (Å²) in [6, 6.07) is 6.89. The van der Waals surface area contributed by atoms with Gasteiger partial charge in [0.1, 0.15) is 0 Å². The summed E-state index contributed by atoms with van der Waals surface area (Å²) in [4.78, 5) is 23.3. The van der Waals surface area contributed by atoms with E-state index >= 15 is 0 Å². The molecule has 1 amide bonds. The van der Waals surface area contributed by atoms with E-state index in [1.54, 1.807) is 0 Å². The standard InChI is InChI=1S/C28H42F2N4O.C2H6.H2/c1-4-5-6-21-7-8-24-23(18-21)22-9-12-34(25(17-20(2)3)28(22)31-24)27(35)10-11-32-13-15-33(16-14-32)19-26(29)30;1-2;/h7-8,18,20,25-26,31H,4-6,9-17,19H2,1-3H3;1-2H3;1H/t25-;;/m0../s1. The Bertz CT molecular complexity index is 988. The Kier molecular flexibility index (Phi) is 11.4. The average molecular weight is 521 g/mol. The van der Waals surface area contributed by atoms with Crippen LogP contribution < -0.4 is 0 Å². The fraction of sp³-hybridized carbons (Fsp3) is 0.700. The van der Waals surface area contributed by atoms with E-state index in [1.165, 1.54) is 40.6 Å². The van der Waals surface area contributed by atoms with Gasteiger partial charge in [0.2, 0.25) is 5.91 Å². The molecule has 37 heavy (non-hydrogen) atoms. The van der Waals surface area contributed by atoms with E-state index in [0.29, 0.717) is 32.0 Å². The van der Waals surface area contributed by atoms with E-state index in [-0.39, 0.29) is 19.9 Å². The van der Waals surface area contributed by atoms with Gasteiger partial charge in [-0.05, 0) is 54.9 Å². The lowest BCUT2D eigenvalue weighted by atomic mass is 9.91. The van der Waals surface area contributed by atoms with Gasteiger partial charge in [-0.1, -0.05) is 47.1 Å². The lowest BCUT2D eigenvalue weighted by Gasteiger charge is -2.38. The van der Waals surface area contributed by atoms with Gasteiger partial charge in [-0.2, -0.15) is 0 Å². The van der Waals surface area contributed by atoms with Crippen LogP contribution in [0.5, 0.6) is 0 Å². The highest BCUT2D eigenvalue weighted by atomic mass is 19.3. The van der Waals surface area contributed by atoms with Crippen LogP contribution in [0.1, 0.15) is 84.6 Å². The summed E-state index contributed by atoms with van der Waals surface area (Å²) < 4.78 is 25.3. The van der Waals surface area contributed by atoms with Crippen LogP contribution in [-0.4, -0.2) is 77.8 Å². The maximum absolute atomic E-state index is 13.4. The average Bonchev–Trinajstić information content (AvgIpc) is 3.26. The number of aryl methyl sites for hydroxylation is 1. The number of benzene rings is 1. The quantitative estimate of drug-likeness (QED) is 0.387. The van der Waals surface area contributed by atoms with Gasteiger partial charge in [0.05, 0.1) is 12.6 Å². The number of aromatic nitrogens is 1. The molecule has 0 aliphatic carbocycles. The minimum Gasteiger partial charge on any atom is -0.356 e. The first kappa shape index (κ1) is 29.6. The van der Waals surface area contributed by atoms with E-state index in [0.717, 1.165) is 38.9 Å². The number of aromatic amines is 1. The Morgan fingerprint density at radius 2 is 1.81 bits per heavy atom. The molecule has 1 N–H and O–H groups in total. The minimum absolute atomic E-state index is 0. The monoisotopic (exact) mass is 520 g/mol. The Morgan fingerprint density at radius 1 is 1.11 bits per heavy atom. The summed E-state index contributed by atoms with van der Waals surface area (Å²) in [7, 11) is 0. The number of amides is 1. The molecule has 2 aliphatic heterocycles. The zero-order chi connectivity index (χ0) is 26.9. The van der Waals surface area contributed by atoms with E-state index in [1.807, 2.05) is 18.7 Å². The van der Waals surface area contributed by atoms with Crippen molar-refractivity contribution in [2.45, 2.75) is 85.6 Å². The van der Waals surface area contributed by atoms with E-state index in [9.17, 15) is 13.6 Å². The van der Waals surface area contributed by atoms with Crippen molar-refractivity contribution in [1.82, 2.24) is 19.7 Å². The molecular weight excluding hydrogens is 470 g/mol. The van der Waals surface area contributed by atoms with Crippen molar-refractivity contribution in [3.63, 3.8) is 0 Å². The molecule has 210 valence electrons. The molecule has 0 bridgehead atoms. The first-order valence-electron chi connectivity index (χ1n) is 14.5. The number of nitrogens with one attached hydrogen (secondary N) is 1. The van der Waals surface area contributed by atoms with Gasteiger partial charge in [-0.15, -0.1) is 0 Å². The van der Waals surface area contributed by atoms with Crippen molar-refractivity contribution in [1.29, 1.82) is 0 Å². The van der Waals surface area contributed by atoms with Crippen LogP contribution in [0.4, 0.5) is 8.78 Å². The molecule has 0 saturated carbocycles. The Balaban J connectivity index is 0.00000165. The number of H-pyrrole nitrogens is 1. The smallest absolute Gasteiger partial charge is 0.251 e. The number of hydrogen-bond acceptors (Lipinski definition) is 3. The van der Waals surface area contributed by atoms with Crippen LogP contribution in [0.3, 0.4) is 0 Å². The van der Waals surface area contributed by atoms with Crippen molar-refractivity contribution < 1.29 is 15.0 Å². The molecule has 0 unspecified atom stereocenters. The van der Waals surface area contributed by atoms with Gasteiger partial charge < -0.3 is 14.8 Å². The third kappa shape index (κ3) is 7.76. The number of rotatable bonds is 10. The Labute approximate surface area is 224 Å². The third-order valence-corrected chi connectivity index (χ3v) is 7.65. The van der Waals surface area contributed by atoms with Crippen molar-refractivity contribution in [2.24, 2.45) is 5.92 Å². The van der Waals surface area contributed by atoms with Crippen LogP contribution >= 0.6 is 0 Å². The molecule has 1 fully saturated rings. The van der Waals surface area contributed by atoms with E-state index in [2.05, 4.69) is 53.8 Å². The number of hydrogen-bond donors (Lipinski definition) is 1.